The van der Waals surface area contributed by atoms with Crippen molar-refractivity contribution in [1.29, 1.82) is 0 Å². The van der Waals surface area contributed by atoms with Gasteiger partial charge in [0.2, 0.25) is 0 Å². The number of rotatable bonds is 8. The normalized spacial score (nSPS) is 16.4. The second-order valence-corrected chi connectivity index (χ2v) is 10.6. The highest BCUT2D eigenvalue weighted by atomic mass is 32.2. The number of nitrogens with zero attached hydrogens (tertiary/aromatic N) is 1. The number of carbonyl (C=O) groups excluding carboxylic acids is 1. The van der Waals surface area contributed by atoms with Gasteiger partial charge in [-0.3, -0.25) is 4.90 Å². The molecule has 10 heteroatoms. The van der Waals surface area contributed by atoms with E-state index in [1.807, 2.05) is 18.2 Å². The third-order valence-corrected chi connectivity index (χ3v) is 8.24. The lowest BCUT2D eigenvalue weighted by Gasteiger charge is -2.42. The van der Waals surface area contributed by atoms with Gasteiger partial charge in [-0.05, 0) is 59.9 Å². The zero-order valence-electron chi connectivity index (χ0n) is 21.4. The fourth-order valence-corrected chi connectivity index (χ4v) is 6.07. The minimum atomic E-state index is -4.05. The number of carbonyl (C=O) groups is 1. The maximum atomic E-state index is 13.1. The van der Waals surface area contributed by atoms with Crippen LogP contribution in [0.3, 0.4) is 0 Å². The Balaban J connectivity index is 1.48. The van der Waals surface area contributed by atoms with Crippen molar-refractivity contribution in [3.63, 3.8) is 0 Å². The van der Waals surface area contributed by atoms with Crippen molar-refractivity contribution in [2.75, 3.05) is 34.5 Å². The fraction of sp³-hybridized carbons (Fsp3) is 0.321. The molecule has 1 atom stereocenters. The second kappa shape index (κ2) is 10.5. The average molecular weight is 540 g/mol. The third kappa shape index (κ3) is 4.89. The van der Waals surface area contributed by atoms with Gasteiger partial charge >= 0.3 is 16.1 Å². The summed E-state index contributed by atoms with van der Waals surface area (Å²) in [4.78, 5) is 14.0. The molecule has 3 aromatic carbocycles. The summed E-state index contributed by atoms with van der Waals surface area (Å²) in [6.07, 6.45) is 1.40. The van der Waals surface area contributed by atoms with Crippen molar-refractivity contribution in [2.24, 2.45) is 0 Å². The van der Waals surface area contributed by atoms with Crippen molar-refractivity contribution >= 4 is 16.1 Å². The van der Waals surface area contributed by atoms with Gasteiger partial charge in [0.25, 0.3) is 0 Å². The summed E-state index contributed by atoms with van der Waals surface area (Å²) < 4.78 is 53.3. The van der Waals surface area contributed by atoms with Gasteiger partial charge in [0, 0.05) is 24.7 Å². The van der Waals surface area contributed by atoms with Crippen LogP contribution in [0.4, 0.5) is 0 Å². The predicted molar refractivity (Wildman–Crippen MR) is 138 cm³/mol. The molecule has 0 aliphatic carbocycles. The number of benzene rings is 3. The van der Waals surface area contributed by atoms with E-state index in [0.717, 1.165) is 35.2 Å². The van der Waals surface area contributed by atoms with Crippen molar-refractivity contribution in [3.05, 3.63) is 76.9 Å². The molecular formula is C28H29NO8S. The Bertz CT molecular complexity index is 1460. The molecule has 0 aromatic heterocycles. The quantitative estimate of drug-likeness (QED) is 0.313. The van der Waals surface area contributed by atoms with E-state index in [9.17, 15) is 13.2 Å². The smallest absolute Gasteiger partial charge is 0.343 e. The lowest BCUT2D eigenvalue weighted by molar-refractivity contribution is -0.142. The molecule has 2 aliphatic rings. The highest BCUT2D eigenvalue weighted by Crippen LogP contribution is 2.46. The van der Waals surface area contributed by atoms with Crippen molar-refractivity contribution in [1.82, 2.24) is 4.90 Å². The maximum Gasteiger partial charge on any atom is 0.343 e. The molecule has 5 rings (SSSR count). The molecule has 2 heterocycles. The van der Waals surface area contributed by atoms with Gasteiger partial charge in [0.1, 0.15) is 4.90 Å². The molecule has 38 heavy (non-hydrogen) atoms. The van der Waals surface area contributed by atoms with Crippen LogP contribution in [0.15, 0.2) is 59.5 Å². The number of methoxy groups -OCH3 is 3. The molecule has 0 amide bonds. The lowest BCUT2D eigenvalue weighted by Crippen LogP contribution is -2.39. The molecule has 0 spiro atoms. The summed E-state index contributed by atoms with van der Waals surface area (Å²) in [5, 5.41) is 0. The fourth-order valence-electron chi connectivity index (χ4n) is 5.08. The number of hydrogen-bond donors (Lipinski definition) is 0. The third-order valence-electron chi connectivity index (χ3n) is 7.01. The van der Waals surface area contributed by atoms with Crippen LogP contribution in [0.25, 0.3) is 0 Å². The Kier molecular flexibility index (Phi) is 7.18. The highest BCUT2D eigenvalue weighted by Gasteiger charge is 2.36. The first-order valence-electron chi connectivity index (χ1n) is 12.2. The van der Waals surface area contributed by atoms with Crippen LogP contribution >= 0.6 is 0 Å². The van der Waals surface area contributed by atoms with Gasteiger partial charge in [-0.25, -0.2) is 4.79 Å². The van der Waals surface area contributed by atoms with Crippen LogP contribution in [0.5, 0.6) is 23.0 Å². The van der Waals surface area contributed by atoms with Gasteiger partial charge < -0.3 is 23.1 Å². The van der Waals surface area contributed by atoms with Crippen molar-refractivity contribution < 1.29 is 36.3 Å². The van der Waals surface area contributed by atoms with Crippen LogP contribution in [0, 0.1) is 0 Å². The molecular weight excluding hydrogens is 510 g/mol. The first-order chi connectivity index (χ1) is 18.3. The van der Waals surface area contributed by atoms with Crippen LogP contribution in [-0.4, -0.2) is 53.8 Å². The molecule has 0 radical (unpaired) electrons. The minimum Gasteiger partial charge on any atom is -0.493 e. The van der Waals surface area contributed by atoms with Gasteiger partial charge in [-0.15, -0.1) is 0 Å². The Labute approximate surface area is 222 Å². The van der Waals surface area contributed by atoms with E-state index in [0.29, 0.717) is 30.2 Å². The summed E-state index contributed by atoms with van der Waals surface area (Å²) in [7, 11) is 0.328. The van der Waals surface area contributed by atoms with E-state index < -0.39 is 16.1 Å². The lowest BCUT2D eigenvalue weighted by atomic mass is 9.83. The monoisotopic (exact) mass is 539 g/mol. The van der Waals surface area contributed by atoms with Crippen LogP contribution in [0.2, 0.25) is 0 Å². The van der Waals surface area contributed by atoms with Crippen LogP contribution in [-0.2, 0) is 39.0 Å². The minimum absolute atomic E-state index is 0.0572. The van der Waals surface area contributed by atoms with E-state index in [4.69, 9.17) is 18.4 Å². The standard InChI is InChI=1S/C28H29NO8S/c1-33-24-10-9-18-13-23-21-15-25(34-2)26(36-17-27(30)35-3)14-19(21)11-12-29(23)16-22(18)28(24)37-38(31,32)20-7-5-4-6-8-20/h4-10,14-15,23H,11-13,16-17H2,1-3H3. The van der Waals surface area contributed by atoms with E-state index in [-0.39, 0.29) is 23.3 Å². The maximum absolute atomic E-state index is 13.1. The molecule has 1 unspecified atom stereocenters. The number of esters is 1. The molecule has 0 N–H and O–H groups in total. The summed E-state index contributed by atoms with van der Waals surface area (Å²) in [6.45, 7) is 1.05. The Morgan fingerprint density at radius 2 is 1.71 bits per heavy atom. The molecule has 0 bridgehead atoms. The molecule has 2 aliphatic heterocycles. The molecule has 3 aromatic rings. The van der Waals surface area contributed by atoms with Crippen molar-refractivity contribution in [3.8, 4) is 23.0 Å². The first-order valence-corrected chi connectivity index (χ1v) is 13.6. The molecule has 200 valence electrons. The second-order valence-electron chi connectivity index (χ2n) is 9.09. The zero-order chi connectivity index (χ0) is 26.9. The molecule has 0 fully saturated rings. The molecule has 9 nitrogen and oxygen atoms in total. The van der Waals surface area contributed by atoms with E-state index in [1.165, 1.54) is 26.4 Å². The number of fused-ring (bicyclic) bond motifs is 4. The largest absolute Gasteiger partial charge is 0.493 e. The van der Waals surface area contributed by atoms with E-state index >= 15 is 0 Å². The van der Waals surface area contributed by atoms with Gasteiger partial charge in [-0.2, -0.15) is 8.42 Å². The van der Waals surface area contributed by atoms with E-state index in [2.05, 4.69) is 9.64 Å². The van der Waals surface area contributed by atoms with Gasteiger partial charge in [0.05, 0.1) is 21.3 Å². The Morgan fingerprint density at radius 1 is 0.947 bits per heavy atom. The van der Waals surface area contributed by atoms with Gasteiger partial charge in [-0.1, -0.05) is 24.3 Å². The Morgan fingerprint density at radius 3 is 2.42 bits per heavy atom. The zero-order valence-corrected chi connectivity index (χ0v) is 22.2. The highest BCUT2D eigenvalue weighted by molar-refractivity contribution is 7.87. The van der Waals surface area contributed by atoms with Crippen LogP contribution < -0.4 is 18.4 Å². The topological polar surface area (TPSA) is 101 Å². The van der Waals surface area contributed by atoms with Gasteiger partial charge in [0.15, 0.2) is 29.6 Å². The SMILES string of the molecule is COC(=O)COc1cc2c(cc1OC)C1Cc3ccc(OC)c(OS(=O)(=O)c4ccccc4)c3CN1CC2. The Hall–Kier alpha value is -3.76. The summed E-state index contributed by atoms with van der Waals surface area (Å²) in [5.41, 5.74) is 4.02. The summed E-state index contributed by atoms with van der Waals surface area (Å²) in [6, 6.07) is 15.7. The average Bonchev–Trinajstić information content (AvgIpc) is 2.94. The summed E-state index contributed by atoms with van der Waals surface area (Å²) in [5.74, 6) is 1.15. The molecule has 0 saturated heterocycles. The molecule has 0 saturated carbocycles. The first kappa shape index (κ1) is 25.9. The predicted octanol–water partition coefficient (Wildman–Crippen LogP) is 3.68. The number of ether oxygens (including phenoxy) is 4. The van der Waals surface area contributed by atoms with Crippen LogP contribution in [0.1, 0.15) is 28.3 Å². The summed E-state index contributed by atoms with van der Waals surface area (Å²) >= 11 is 0. The van der Waals surface area contributed by atoms with E-state index in [1.54, 1.807) is 31.4 Å². The van der Waals surface area contributed by atoms with Crippen molar-refractivity contribution in [2.45, 2.75) is 30.3 Å². The number of hydrogen-bond acceptors (Lipinski definition) is 9.